The van der Waals surface area contributed by atoms with E-state index in [1.54, 1.807) is 11.0 Å². The minimum Gasteiger partial charge on any atom is -0.480 e. The molecule has 22 heavy (non-hydrogen) atoms. The van der Waals surface area contributed by atoms with E-state index in [4.69, 9.17) is 11.6 Å². The fourth-order valence-electron chi connectivity index (χ4n) is 3.90. The van der Waals surface area contributed by atoms with Gasteiger partial charge in [0.25, 0.3) is 0 Å². The van der Waals surface area contributed by atoms with Gasteiger partial charge in [-0.15, -0.1) is 11.3 Å². The van der Waals surface area contributed by atoms with Crippen molar-refractivity contribution in [3.63, 3.8) is 0 Å². The summed E-state index contributed by atoms with van der Waals surface area (Å²) in [5.74, 6) is -0.933. The molecule has 2 heterocycles. The van der Waals surface area contributed by atoms with Gasteiger partial charge in [-0.3, -0.25) is 4.79 Å². The van der Waals surface area contributed by atoms with E-state index < -0.39 is 12.0 Å². The second-order valence-corrected chi connectivity index (χ2v) is 8.06. The molecule has 1 saturated carbocycles. The zero-order valence-electron chi connectivity index (χ0n) is 12.5. The Bertz CT molecular complexity index is 588. The maximum absolute atomic E-state index is 13.0. The SMILES string of the molecule is CC(C(=O)N1C(C(=O)O)CC2CCCCC21)c1ccc(Cl)s1. The van der Waals surface area contributed by atoms with Crippen molar-refractivity contribution in [2.24, 2.45) is 5.92 Å². The van der Waals surface area contributed by atoms with Crippen molar-refractivity contribution >= 4 is 34.8 Å². The van der Waals surface area contributed by atoms with Crippen LogP contribution in [0.2, 0.25) is 4.34 Å². The van der Waals surface area contributed by atoms with Crippen LogP contribution in [0.25, 0.3) is 0 Å². The van der Waals surface area contributed by atoms with Crippen LogP contribution in [0, 0.1) is 5.92 Å². The van der Waals surface area contributed by atoms with Gasteiger partial charge in [0, 0.05) is 10.9 Å². The Morgan fingerprint density at radius 2 is 2.09 bits per heavy atom. The third kappa shape index (κ3) is 2.76. The molecule has 1 aliphatic heterocycles. The molecule has 1 N–H and O–H groups in total. The van der Waals surface area contributed by atoms with Crippen LogP contribution in [-0.4, -0.2) is 34.0 Å². The van der Waals surface area contributed by atoms with Gasteiger partial charge in [0.2, 0.25) is 5.91 Å². The summed E-state index contributed by atoms with van der Waals surface area (Å²) >= 11 is 7.35. The first kappa shape index (κ1) is 15.8. The van der Waals surface area contributed by atoms with Crippen LogP contribution in [0.15, 0.2) is 12.1 Å². The molecule has 3 rings (SSSR count). The molecule has 1 aromatic rings. The van der Waals surface area contributed by atoms with E-state index >= 15 is 0 Å². The number of nitrogens with zero attached hydrogens (tertiary/aromatic N) is 1. The van der Waals surface area contributed by atoms with Crippen molar-refractivity contribution in [3.05, 3.63) is 21.3 Å². The van der Waals surface area contributed by atoms with Gasteiger partial charge in [-0.25, -0.2) is 4.79 Å². The van der Waals surface area contributed by atoms with E-state index in [2.05, 4.69) is 0 Å². The van der Waals surface area contributed by atoms with Crippen LogP contribution in [-0.2, 0) is 9.59 Å². The topological polar surface area (TPSA) is 57.6 Å². The van der Waals surface area contributed by atoms with E-state index in [1.165, 1.54) is 11.3 Å². The number of amides is 1. The van der Waals surface area contributed by atoms with Crippen molar-refractivity contribution in [1.82, 2.24) is 4.90 Å². The van der Waals surface area contributed by atoms with Crippen molar-refractivity contribution in [3.8, 4) is 0 Å². The molecule has 6 heteroatoms. The van der Waals surface area contributed by atoms with Crippen LogP contribution < -0.4 is 0 Å². The van der Waals surface area contributed by atoms with E-state index in [9.17, 15) is 14.7 Å². The van der Waals surface area contributed by atoms with E-state index in [0.717, 1.165) is 30.6 Å². The molecule has 4 atom stereocenters. The highest BCUT2D eigenvalue weighted by Gasteiger charge is 2.48. The number of hydrogen-bond donors (Lipinski definition) is 1. The molecular weight excluding hydrogens is 322 g/mol. The molecule has 2 aliphatic rings. The third-order valence-corrected chi connectivity index (χ3v) is 6.43. The Morgan fingerprint density at radius 1 is 1.36 bits per heavy atom. The standard InChI is InChI=1S/C16H20ClNO3S/c1-9(13-6-7-14(17)22-13)15(19)18-11-5-3-2-4-10(11)8-12(18)16(20)21/h6-7,9-12H,2-5,8H2,1H3,(H,20,21). The average Bonchev–Trinajstić information content (AvgIpc) is 3.09. The van der Waals surface area contributed by atoms with Gasteiger partial charge >= 0.3 is 5.97 Å². The van der Waals surface area contributed by atoms with Crippen LogP contribution in [0.4, 0.5) is 0 Å². The monoisotopic (exact) mass is 341 g/mol. The predicted molar refractivity (Wildman–Crippen MR) is 86.4 cm³/mol. The molecule has 4 unspecified atom stereocenters. The number of carboxylic acids is 1. The largest absolute Gasteiger partial charge is 0.480 e. The number of halogens is 1. The first-order valence-corrected chi connectivity index (χ1v) is 8.98. The third-order valence-electron chi connectivity index (χ3n) is 5.02. The van der Waals surface area contributed by atoms with Gasteiger partial charge in [0.15, 0.2) is 0 Å². The average molecular weight is 342 g/mol. The van der Waals surface area contributed by atoms with Crippen molar-refractivity contribution in [1.29, 1.82) is 0 Å². The number of likely N-dealkylation sites (tertiary alicyclic amines) is 1. The summed E-state index contributed by atoms with van der Waals surface area (Å²) in [7, 11) is 0. The second-order valence-electron chi connectivity index (χ2n) is 6.31. The lowest BCUT2D eigenvalue weighted by molar-refractivity contribution is -0.150. The van der Waals surface area contributed by atoms with Crippen LogP contribution in [0.5, 0.6) is 0 Å². The molecule has 1 aliphatic carbocycles. The normalized spacial score (nSPS) is 29.2. The number of rotatable bonds is 3. The number of carbonyl (C=O) groups is 2. The summed E-state index contributed by atoms with van der Waals surface area (Å²) in [5, 5.41) is 9.52. The molecule has 1 aromatic heterocycles. The molecule has 1 saturated heterocycles. The lowest BCUT2D eigenvalue weighted by Gasteiger charge is -2.34. The van der Waals surface area contributed by atoms with Crippen LogP contribution in [0.3, 0.4) is 0 Å². The van der Waals surface area contributed by atoms with E-state index in [-0.39, 0.29) is 17.9 Å². The number of hydrogen-bond acceptors (Lipinski definition) is 3. The minimum atomic E-state index is -0.876. The summed E-state index contributed by atoms with van der Waals surface area (Å²) in [6.45, 7) is 1.85. The Morgan fingerprint density at radius 3 is 2.73 bits per heavy atom. The smallest absolute Gasteiger partial charge is 0.326 e. The van der Waals surface area contributed by atoms with Crippen molar-refractivity contribution in [2.45, 2.75) is 57.0 Å². The fourth-order valence-corrected chi connectivity index (χ4v) is 5.01. The second kappa shape index (κ2) is 6.20. The quantitative estimate of drug-likeness (QED) is 0.910. The number of fused-ring (bicyclic) bond motifs is 1. The first-order chi connectivity index (χ1) is 10.5. The van der Waals surface area contributed by atoms with Gasteiger partial charge < -0.3 is 10.0 Å². The van der Waals surface area contributed by atoms with Gasteiger partial charge in [0.05, 0.1) is 10.3 Å². The summed E-state index contributed by atoms with van der Waals surface area (Å²) < 4.78 is 0.654. The molecule has 2 fully saturated rings. The van der Waals surface area contributed by atoms with E-state index in [0.29, 0.717) is 16.7 Å². The predicted octanol–water partition coefficient (Wildman–Crippen LogP) is 3.75. The first-order valence-electron chi connectivity index (χ1n) is 7.79. The number of carbonyl (C=O) groups excluding carboxylic acids is 1. The highest BCUT2D eigenvalue weighted by Crippen LogP contribution is 2.42. The van der Waals surface area contributed by atoms with Crippen molar-refractivity contribution in [2.75, 3.05) is 0 Å². The number of thiophene rings is 1. The highest BCUT2D eigenvalue weighted by molar-refractivity contribution is 7.16. The summed E-state index contributed by atoms with van der Waals surface area (Å²) in [4.78, 5) is 27.1. The molecule has 0 bridgehead atoms. The lowest BCUT2D eigenvalue weighted by atomic mass is 9.84. The summed E-state index contributed by atoms with van der Waals surface area (Å²) in [5.41, 5.74) is 0. The van der Waals surface area contributed by atoms with Crippen molar-refractivity contribution < 1.29 is 14.7 Å². The molecule has 0 radical (unpaired) electrons. The Hall–Kier alpha value is -1.07. The van der Waals surface area contributed by atoms with E-state index in [1.807, 2.05) is 13.0 Å². The van der Waals surface area contributed by atoms with Gasteiger partial charge in [-0.2, -0.15) is 0 Å². The molecule has 0 spiro atoms. The maximum atomic E-state index is 13.0. The Kier molecular flexibility index (Phi) is 4.46. The van der Waals surface area contributed by atoms with Gasteiger partial charge in [-0.05, 0) is 44.2 Å². The zero-order valence-corrected chi connectivity index (χ0v) is 14.1. The Labute approximate surface area is 139 Å². The molecule has 1 amide bonds. The highest BCUT2D eigenvalue weighted by atomic mass is 35.5. The molecule has 0 aromatic carbocycles. The molecule has 4 nitrogen and oxygen atoms in total. The number of carboxylic acid groups (broad SMARTS) is 1. The number of aliphatic carboxylic acids is 1. The Balaban J connectivity index is 1.85. The van der Waals surface area contributed by atoms with Crippen LogP contribution >= 0.6 is 22.9 Å². The van der Waals surface area contributed by atoms with Gasteiger partial charge in [-0.1, -0.05) is 24.4 Å². The molecular formula is C16H20ClNO3S. The summed E-state index contributed by atoms with van der Waals surface area (Å²) in [6, 6.07) is 3.08. The zero-order chi connectivity index (χ0) is 15.9. The maximum Gasteiger partial charge on any atom is 0.326 e. The molecule has 120 valence electrons. The fraction of sp³-hybridized carbons (Fsp3) is 0.625. The summed E-state index contributed by atoms with van der Waals surface area (Å²) in [6.07, 6.45) is 4.79. The van der Waals surface area contributed by atoms with Crippen LogP contribution in [0.1, 0.15) is 49.8 Å². The minimum absolute atomic E-state index is 0.0692. The lowest BCUT2D eigenvalue weighted by Crippen LogP contribution is -2.47. The van der Waals surface area contributed by atoms with Gasteiger partial charge in [0.1, 0.15) is 6.04 Å².